The fraction of sp³-hybridized carbons (Fsp3) is 0.300. The monoisotopic (exact) mass is 231 g/mol. The number of halogens is 2. The van der Waals surface area contributed by atoms with Crippen molar-refractivity contribution in [2.45, 2.75) is 13.3 Å². The minimum atomic E-state index is -0.585. The summed E-state index contributed by atoms with van der Waals surface area (Å²) in [6, 6.07) is 2.43. The molecule has 82 valence electrons. The fourth-order valence-electron chi connectivity index (χ4n) is 1.11. The van der Waals surface area contributed by atoms with Crippen molar-refractivity contribution in [3.05, 3.63) is 28.5 Å². The van der Waals surface area contributed by atoms with Gasteiger partial charge in [-0.15, -0.1) is 0 Å². The molecule has 0 aliphatic carbocycles. The van der Waals surface area contributed by atoms with Gasteiger partial charge in [-0.2, -0.15) is 0 Å². The molecule has 0 fully saturated rings. The lowest BCUT2D eigenvalue weighted by atomic mass is 10.1. The van der Waals surface area contributed by atoms with Crippen LogP contribution in [-0.2, 0) is 16.0 Å². The molecular weight excluding hydrogens is 221 g/mol. The Bertz CT molecular complexity index is 382. The Morgan fingerprint density at radius 2 is 2.27 bits per heavy atom. The van der Waals surface area contributed by atoms with E-state index in [1.165, 1.54) is 6.07 Å². The molecule has 0 aliphatic rings. The summed E-state index contributed by atoms with van der Waals surface area (Å²) in [6.07, 6.45) is -0.0517. The average Bonchev–Trinajstić information content (AvgIpc) is 2.14. The van der Waals surface area contributed by atoms with Gasteiger partial charge in [-0.3, -0.25) is 4.79 Å². The lowest BCUT2D eigenvalue weighted by Gasteiger charge is -2.06. The molecule has 15 heavy (non-hydrogen) atoms. The average molecular weight is 232 g/mol. The highest BCUT2D eigenvalue weighted by molar-refractivity contribution is 6.31. The molecule has 0 amide bonds. The predicted octanol–water partition coefficient (Wildman–Crippen LogP) is 2.17. The van der Waals surface area contributed by atoms with Crippen molar-refractivity contribution in [1.29, 1.82) is 0 Å². The van der Waals surface area contributed by atoms with E-state index in [1.807, 2.05) is 0 Å². The fourth-order valence-corrected chi connectivity index (χ4v) is 1.35. The lowest BCUT2D eigenvalue weighted by molar-refractivity contribution is -0.142. The molecular formula is C10H11ClFNO2. The normalized spacial score (nSPS) is 10.1. The summed E-state index contributed by atoms with van der Waals surface area (Å²) in [6.45, 7) is 1.98. The topological polar surface area (TPSA) is 52.3 Å². The molecule has 5 heteroatoms. The molecule has 1 aromatic carbocycles. The van der Waals surface area contributed by atoms with E-state index in [4.69, 9.17) is 22.1 Å². The second-order valence-corrected chi connectivity index (χ2v) is 3.35. The first-order chi connectivity index (χ1) is 7.04. The molecule has 0 aromatic heterocycles. The first kappa shape index (κ1) is 11.8. The summed E-state index contributed by atoms with van der Waals surface area (Å²) in [5.41, 5.74) is 5.65. The van der Waals surface area contributed by atoms with Gasteiger partial charge in [-0.1, -0.05) is 11.6 Å². The van der Waals surface area contributed by atoms with Crippen LogP contribution in [0.2, 0.25) is 5.02 Å². The van der Waals surface area contributed by atoms with Crippen molar-refractivity contribution in [3.8, 4) is 0 Å². The quantitative estimate of drug-likeness (QED) is 0.641. The molecule has 0 atom stereocenters. The number of nitrogens with two attached hydrogens (primary N) is 1. The van der Waals surface area contributed by atoms with Gasteiger partial charge in [0.1, 0.15) is 5.82 Å². The van der Waals surface area contributed by atoms with Gasteiger partial charge >= 0.3 is 5.97 Å². The second-order valence-electron chi connectivity index (χ2n) is 2.95. The van der Waals surface area contributed by atoms with Crippen LogP contribution in [0.25, 0.3) is 0 Å². The molecule has 2 N–H and O–H groups in total. The first-order valence-corrected chi connectivity index (χ1v) is 4.81. The number of rotatable bonds is 3. The summed E-state index contributed by atoms with van der Waals surface area (Å²) < 4.78 is 17.8. The standard InChI is InChI=1S/C10H11ClFNO2/c1-2-15-10(14)4-6-3-8(12)9(13)5-7(6)11/h3,5H,2,4,13H2,1H3. The second kappa shape index (κ2) is 4.98. The molecule has 0 saturated carbocycles. The zero-order valence-electron chi connectivity index (χ0n) is 8.22. The summed E-state index contributed by atoms with van der Waals surface area (Å²) in [7, 11) is 0. The van der Waals surface area contributed by atoms with Gasteiger partial charge in [-0.25, -0.2) is 4.39 Å². The molecule has 0 spiro atoms. The highest BCUT2D eigenvalue weighted by Crippen LogP contribution is 2.22. The van der Waals surface area contributed by atoms with Gasteiger partial charge in [0.05, 0.1) is 18.7 Å². The SMILES string of the molecule is CCOC(=O)Cc1cc(F)c(N)cc1Cl. The summed E-state index contributed by atoms with van der Waals surface area (Å²) >= 11 is 5.79. The highest BCUT2D eigenvalue weighted by Gasteiger charge is 2.10. The van der Waals surface area contributed by atoms with Crippen LogP contribution in [0.15, 0.2) is 12.1 Å². The molecule has 1 rings (SSSR count). The number of carbonyl (C=O) groups is 1. The molecule has 3 nitrogen and oxygen atoms in total. The van der Waals surface area contributed by atoms with Crippen LogP contribution >= 0.6 is 11.6 Å². The Balaban J connectivity index is 2.86. The lowest BCUT2D eigenvalue weighted by Crippen LogP contribution is -2.08. The van der Waals surface area contributed by atoms with Gasteiger partial charge in [0.25, 0.3) is 0 Å². The van der Waals surface area contributed by atoms with Crippen LogP contribution in [0.3, 0.4) is 0 Å². The summed E-state index contributed by atoms with van der Waals surface area (Å²) in [5, 5.41) is 0.266. The summed E-state index contributed by atoms with van der Waals surface area (Å²) in [5.74, 6) is -1.03. The van der Waals surface area contributed by atoms with E-state index in [9.17, 15) is 9.18 Å². The number of hydrogen-bond acceptors (Lipinski definition) is 3. The number of hydrogen-bond donors (Lipinski definition) is 1. The maximum absolute atomic E-state index is 13.1. The Labute approximate surface area is 92.0 Å². The first-order valence-electron chi connectivity index (χ1n) is 4.43. The van der Waals surface area contributed by atoms with Crippen LogP contribution in [0.1, 0.15) is 12.5 Å². The van der Waals surface area contributed by atoms with E-state index < -0.39 is 11.8 Å². The molecule has 0 saturated heterocycles. The molecule has 0 heterocycles. The van der Waals surface area contributed by atoms with Gasteiger partial charge < -0.3 is 10.5 Å². The van der Waals surface area contributed by atoms with Crippen molar-refractivity contribution < 1.29 is 13.9 Å². The zero-order chi connectivity index (χ0) is 11.4. The Morgan fingerprint density at radius 3 is 2.87 bits per heavy atom. The maximum Gasteiger partial charge on any atom is 0.310 e. The van der Waals surface area contributed by atoms with E-state index in [1.54, 1.807) is 6.92 Å². The summed E-state index contributed by atoms with van der Waals surface area (Å²) in [4.78, 5) is 11.1. The van der Waals surface area contributed by atoms with Gasteiger partial charge in [0, 0.05) is 5.02 Å². The number of anilines is 1. The number of nitrogen functional groups attached to an aromatic ring is 1. The molecule has 0 bridgehead atoms. The van der Waals surface area contributed by atoms with Crippen LogP contribution in [0, 0.1) is 5.82 Å². The van der Waals surface area contributed by atoms with Crippen LogP contribution in [0.5, 0.6) is 0 Å². The minimum absolute atomic E-state index is 0.0346. The minimum Gasteiger partial charge on any atom is -0.466 e. The third-order valence-corrected chi connectivity index (χ3v) is 2.16. The Morgan fingerprint density at radius 1 is 1.60 bits per heavy atom. The van der Waals surface area contributed by atoms with E-state index in [0.29, 0.717) is 5.56 Å². The maximum atomic E-state index is 13.1. The number of benzene rings is 1. The number of ether oxygens (including phenoxy) is 1. The highest BCUT2D eigenvalue weighted by atomic mass is 35.5. The zero-order valence-corrected chi connectivity index (χ0v) is 8.97. The third-order valence-electron chi connectivity index (χ3n) is 1.81. The number of esters is 1. The van der Waals surface area contributed by atoms with Gasteiger partial charge in [0.15, 0.2) is 0 Å². The molecule has 0 radical (unpaired) electrons. The van der Waals surface area contributed by atoms with E-state index in [0.717, 1.165) is 6.07 Å². The predicted molar refractivity (Wildman–Crippen MR) is 56.2 cm³/mol. The molecule has 0 aliphatic heterocycles. The Kier molecular flexibility index (Phi) is 3.91. The van der Waals surface area contributed by atoms with Gasteiger partial charge in [-0.05, 0) is 24.6 Å². The van der Waals surface area contributed by atoms with Crippen molar-refractivity contribution in [1.82, 2.24) is 0 Å². The van der Waals surface area contributed by atoms with Crippen LogP contribution in [0.4, 0.5) is 10.1 Å². The van der Waals surface area contributed by atoms with Crippen molar-refractivity contribution in [3.63, 3.8) is 0 Å². The number of carbonyl (C=O) groups excluding carboxylic acids is 1. The van der Waals surface area contributed by atoms with Crippen molar-refractivity contribution in [2.75, 3.05) is 12.3 Å². The van der Waals surface area contributed by atoms with E-state index >= 15 is 0 Å². The molecule has 1 aromatic rings. The van der Waals surface area contributed by atoms with Crippen LogP contribution < -0.4 is 5.73 Å². The van der Waals surface area contributed by atoms with E-state index in [2.05, 4.69) is 0 Å². The third kappa shape index (κ3) is 3.09. The van der Waals surface area contributed by atoms with Crippen LogP contribution in [-0.4, -0.2) is 12.6 Å². The largest absolute Gasteiger partial charge is 0.466 e. The Hall–Kier alpha value is -1.29. The van der Waals surface area contributed by atoms with E-state index in [-0.39, 0.29) is 23.7 Å². The van der Waals surface area contributed by atoms with Gasteiger partial charge in [0.2, 0.25) is 0 Å². The van der Waals surface area contributed by atoms with Crippen molar-refractivity contribution >= 4 is 23.3 Å². The van der Waals surface area contributed by atoms with Crippen molar-refractivity contribution in [2.24, 2.45) is 0 Å². The smallest absolute Gasteiger partial charge is 0.310 e. The molecule has 0 unspecified atom stereocenters.